The van der Waals surface area contributed by atoms with Gasteiger partial charge in [-0.05, 0) is 35.4 Å². The van der Waals surface area contributed by atoms with Crippen molar-refractivity contribution in [1.82, 2.24) is 0 Å². The summed E-state index contributed by atoms with van der Waals surface area (Å²) in [5.74, 6) is -0.548. The number of hydrogen-bond donors (Lipinski definition) is 1. The fraction of sp³-hybridized carbons (Fsp3) is 0.133. The molecule has 0 aliphatic rings. The van der Waals surface area contributed by atoms with Crippen LogP contribution in [0.4, 0.5) is 0 Å². The van der Waals surface area contributed by atoms with E-state index in [9.17, 15) is 4.79 Å². The highest BCUT2D eigenvalue weighted by Gasteiger charge is 2.09. The monoisotopic (exact) mass is 242 g/mol. The van der Waals surface area contributed by atoms with Crippen LogP contribution in [0.1, 0.15) is 13.3 Å². The molecule has 0 atom stereocenters. The molecule has 0 saturated carbocycles. The van der Waals surface area contributed by atoms with Gasteiger partial charge in [0, 0.05) is 0 Å². The molecule has 0 heterocycles. The van der Waals surface area contributed by atoms with Crippen molar-refractivity contribution in [2.45, 2.75) is 13.3 Å². The SMILES string of the molecule is CCC=C(Oc1ccc2ccccc2c1)C(=O)O. The molecule has 0 unspecified atom stereocenters. The summed E-state index contributed by atoms with van der Waals surface area (Å²) >= 11 is 0. The molecular formula is C15H14O3. The average molecular weight is 242 g/mol. The molecule has 0 radical (unpaired) electrons. The Kier molecular flexibility index (Phi) is 3.63. The Bertz CT molecular complexity index is 599. The van der Waals surface area contributed by atoms with Gasteiger partial charge in [0.1, 0.15) is 5.75 Å². The number of ether oxygens (including phenoxy) is 1. The Morgan fingerprint density at radius 3 is 2.61 bits per heavy atom. The van der Waals surface area contributed by atoms with Crippen LogP contribution in [0.5, 0.6) is 5.75 Å². The van der Waals surface area contributed by atoms with E-state index >= 15 is 0 Å². The van der Waals surface area contributed by atoms with Gasteiger partial charge in [0.05, 0.1) is 0 Å². The molecule has 0 amide bonds. The van der Waals surface area contributed by atoms with Gasteiger partial charge < -0.3 is 9.84 Å². The molecule has 0 aliphatic carbocycles. The van der Waals surface area contributed by atoms with Crippen LogP contribution in [0.3, 0.4) is 0 Å². The molecule has 1 N–H and O–H groups in total. The van der Waals surface area contributed by atoms with Crippen molar-refractivity contribution >= 4 is 16.7 Å². The Morgan fingerprint density at radius 2 is 1.94 bits per heavy atom. The Hall–Kier alpha value is -2.29. The van der Waals surface area contributed by atoms with Crippen LogP contribution in [-0.4, -0.2) is 11.1 Å². The summed E-state index contributed by atoms with van der Waals surface area (Å²) in [5, 5.41) is 11.1. The minimum Gasteiger partial charge on any atom is -0.475 e. The second-order valence-electron chi connectivity index (χ2n) is 3.89. The van der Waals surface area contributed by atoms with E-state index in [1.165, 1.54) is 0 Å². The predicted octanol–water partition coefficient (Wildman–Crippen LogP) is 3.60. The van der Waals surface area contributed by atoms with Crippen molar-refractivity contribution in [2.24, 2.45) is 0 Å². The molecule has 0 bridgehead atoms. The Morgan fingerprint density at radius 1 is 1.22 bits per heavy atom. The largest absolute Gasteiger partial charge is 0.475 e. The van der Waals surface area contributed by atoms with E-state index in [0.717, 1.165) is 10.8 Å². The molecule has 2 aromatic rings. The lowest BCUT2D eigenvalue weighted by Gasteiger charge is -2.07. The van der Waals surface area contributed by atoms with E-state index in [1.807, 2.05) is 43.3 Å². The summed E-state index contributed by atoms with van der Waals surface area (Å²) in [6.07, 6.45) is 2.17. The second kappa shape index (κ2) is 5.36. The summed E-state index contributed by atoms with van der Waals surface area (Å²) < 4.78 is 5.39. The van der Waals surface area contributed by atoms with Crippen LogP contribution >= 0.6 is 0 Å². The molecule has 0 aromatic heterocycles. The van der Waals surface area contributed by atoms with E-state index in [0.29, 0.717) is 12.2 Å². The van der Waals surface area contributed by atoms with E-state index in [2.05, 4.69) is 0 Å². The topological polar surface area (TPSA) is 46.5 Å². The third-order valence-corrected chi connectivity index (χ3v) is 2.55. The maximum absolute atomic E-state index is 11.0. The lowest BCUT2D eigenvalue weighted by Crippen LogP contribution is -2.07. The van der Waals surface area contributed by atoms with Gasteiger partial charge in [0.2, 0.25) is 5.76 Å². The minimum atomic E-state index is -1.05. The maximum Gasteiger partial charge on any atom is 0.371 e. The molecular weight excluding hydrogens is 228 g/mol. The number of aliphatic carboxylic acids is 1. The average Bonchev–Trinajstić information content (AvgIpc) is 2.38. The standard InChI is InChI=1S/C15H14O3/c1-2-5-14(15(16)17)18-13-9-8-11-6-3-4-7-12(11)10-13/h3-10H,2H2,1H3,(H,16,17). The van der Waals surface area contributed by atoms with Crippen molar-refractivity contribution in [1.29, 1.82) is 0 Å². The smallest absolute Gasteiger partial charge is 0.371 e. The van der Waals surface area contributed by atoms with Gasteiger partial charge in [-0.25, -0.2) is 4.79 Å². The van der Waals surface area contributed by atoms with Crippen molar-refractivity contribution in [2.75, 3.05) is 0 Å². The van der Waals surface area contributed by atoms with Crippen LogP contribution in [-0.2, 0) is 4.79 Å². The Labute approximate surface area is 105 Å². The molecule has 0 saturated heterocycles. The van der Waals surface area contributed by atoms with Gasteiger partial charge in [0.15, 0.2) is 0 Å². The predicted molar refractivity (Wildman–Crippen MR) is 70.6 cm³/mol. The van der Waals surface area contributed by atoms with Gasteiger partial charge in [-0.15, -0.1) is 0 Å². The van der Waals surface area contributed by atoms with Crippen LogP contribution in [0.25, 0.3) is 10.8 Å². The van der Waals surface area contributed by atoms with Crippen LogP contribution < -0.4 is 4.74 Å². The number of allylic oxidation sites excluding steroid dienone is 1. The van der Waals surface area contributed by atoms with E-state index < -0.39 is 5.97 Å². The quantitative estimate of drug-likeness (QED) is 0.658. The first-order valence-electron chi connectivity index (χ1n) is 5.81. The van der Waals surface area contributed by atoms with Gasteiger partial charge in [-0.1, -0.05) is 37.3 Å². The normalized spacial score (nSPS) is 11.5. The van der Waals surface area contributed by atoms with Gasteiger partial charge in [0.25, 0.3) is 0 Å². The van der Waals surface area contributed by atoms with Crippen molar-refractivity contribution in [3.8, 4) is 5.75 Å². The zero-order valence-electron chi connectivity index (χ0n) is 10.1. The van der Waals surface area contributed by atoms with Crippen molar-refractivity contribution < 1.29 is 14.6 Å². The molecule has 18 heavy (non-hydrogen) atoms. The number of benzene rings is 2. The highest BCUT2D eigenvalue weighted by molar-refractivity contribution is 5.86. The first kappa shape index (κ1) is 12.2. The lowest BCUT2D eigenvalue weighted by molar-refractivity contribution is -0.135. The number of fused-ring (bicyclic) bond motifs is 1. The highest BCUT2D eigenvalue weighted by Crippen LogP contribution is 2.22. The number of carboxylic acids is 1. The Balaban J connectivity index is 2.31. The molecule has 0 spiro atoms. The zero-order valence-corrected chi connectivity index (χ0v) is 10.1. The summed E-state index contributed by atoms with van der Waals surface area (Å²) in [7, 11) is 0. The summed E-state index contributed by atoms with van der Waals surface area (Å²) in [6.45, 7) is 1.87. The summed E-state index contributed by atoms with van der Waals surface area (Å²) in [6, 6.07) is 13.4. The first-order chi connectivity index (χ1) is 8.70. The van der Waals surface area contributed by atoms with Gasteiger partial charge in [-0.2, -0.15) is 0 Å². The molecule has 3 nitrogen and oxygen atoms in total. The number of hydrogen-bond acceptors (Lipinski definition) is 2. The van der Waals surface area contributed by atoms with E-state index in [4.69, 9.17) is 9.84 Å². The van der Waals surface area contributed by atoms with Crippen molar-refractivity contribution in [3.63, 3.8) is 0 Å². The molecule has 0 fully saturated rings. The molecule has 2 aromatic carbocycles. The zero-order chi connectivity index (χ0) is 13.0. The number of rotatable bonds is 4. The molecule has 0 aliphatic heterocycles. The molecule has 92 valence electrons. The second-order valence-corrected chi connectivity index (χ2v) is 3.89. The summed E-state index contributed by atoms with van der Waals surface area (Å²) in [5.41, 5.74) is 0. The fourth-order valence-electron chi connectivity index (χ4n) is 1.72. The maximum atomic E-state index is 11.0. The van der Waals surface area contributed by atoms with Gasteiger partial charge in [-0.3, -0.25) is 0 Å². The number of carbonyl (C=O) groups is 1. The fourth-order valence-corrected chi connectivity index (χ4v) is 1.72. The summed E-state index contributed by atoms with van der Waals surface area (Å²) in [4.78, 5) is 11.0. The van der Waals surface area contributed by atoms with Crippen molar-refractivity contribution in [3.05, 3.63) is 54.3 Å². The third-order valence-electron chi connectivity index (χ3n) is 2.55. The number of carboxylic acid groups (broad SMARTS) is 1. The van der Waals surface area contributed by atoms with E-state index in [-0.39, 0.29) is 5.76 Å². The minimum absolute atomic E-state index is 0.0345. The first-order valence-corrected chi connectivity index (χ1v) is 5.81. The third kappa shape index (κ3) is 2.69. The van der Waals surface area contributed by atoms with E-state index in [1.54, 1.807) is 12.1 Å². The highest BCUT2D eigenvalue weighted by atomic mass is 16.5. The van der Waals surface area contributed by atoms with Crippen LogP contribution in [0.2, 0.25) is 0 Å². The van der Waals surface area contributed by atoms with Crippen LogP contribution in [0.15, 0.2) is 54.3 Å². The molecule has 3 heteroatoms. The van der Waals surface area contributed by atoms with Crippen LogP contribution in [0, 0.1) is 0 Å². The van der Waals surface area contributed by atoms with Gasteiger partial charge >= 0.3 is 5.97 Å². The molecule has 2 rings (SSSR count). The lowest BCUT2D eigenvalue weighted by atomic mass is 10.1.